The first-order valence-electron chi connectivity index (χ1n) is 9.60. The van der Waals surface area contributed by atoms with Crippen LogP contribution < -0.4 is 14.9 Å². The molecule has 0 saturated heterocycles. The fourth-order valence-electron chi connectivity index (χ4n) is 3.03. The number of nitrogens with one attached hydrogen (secondary N) is 1. The van der Waals surface area contributed by atoms with Gasteiger partial charge in [0.1, 0.15) is 12.2 Å². The van der Waals surface area contributed by atoms with Gasteiger partial charge in [-0.3, -0.25) is 4.79 Å². The minimum absolute atomic E-state index is 0.190. The predicted molar refractivity (Wildman–Crippen MR) is 135 cm³/mol. The molecule has 8 heteroatoms. The molecule has 1 heterocycles. The lowest BCUT2D eigenvalue weighted by Gasteiger charge is -2.11. The number of hydrogen-bond donors (Lipinski definition) is 1. The van der Waals surface area contributed by atoms with Crippen molar-refractivity contribution in [3.05, 3.63) is 91.7 Å². The van der Waals surface area contributed by atoms with Crippen molar-refractivity contribution in [3.63, 3.8) is 0 Å². The average molecular weight is 605 g/mol. The standard InChI is InChI=1S/C24H18BrIN2O4/c1-30-20-8-7-16(9-21(20)31-14-15-5-3-2-4-6-15)13-27-28-24(29)22-11-17-10-18(25)12-19(26)23(17)32-22/h2-13H,14H2,1H3,(H,28,29)/b27-13-. The predicted octanol–water partition coefficient (Wildman–Crippen LogP) is 6.15. The van der Waals surface area contributed by atoms with Gasteiger partial charge in [0.15, 0.2) is 17.3 Å². The van der Waals surface area contributed by atoms with Crippen LogP contribution in [0.3, 0.4) is 0 Å². The number of methoxy groups -OCH3 is 1. The number of hydrogen-bond acceptors (Lipinski definition) is 5. The summed E-state index contributed by atoms with van der Waals surface area (Å²) in [5.41, 5.74) is 4.96. The summed E-state index contributed by atoms with van der Waals surface area (Å²) >= 11 is 5.62. The van der Waals surface area contributed by atoms with Gasteiger partial charge in [0.05, 0.1) is 16.9 Å². The molecule has 0 fully saturated rings. The Hall–Kier alpha value is -2.85. The number of rotatable bonds is 7. The largest absolute Gasteiger partial charge is 0.493 e. The van der Waals surface area contributed by atoms with Crippen molar-refractivity contribution in [3.8, 4) is 11.5 Å². The Labute approximate surface area is 206 Å². The topological polar surface area (TPSA) is 73.1 Å². The van der Waals surface area contributed by atoms with E-state index in [9.17, 15) is 4.79 Å². The van der Waals surface area contributed by atoms with Crippen molar-refractivity contribution in [1.82, 2.24) is 5.43 Å². The molecule has 3 aromatic carbocycles. The Morgan fingerprint density at radius 1 is 1.12 bits per heavy atom. The van der Waals surface area contributed by atoms with Gasteiger partial charge < -0.3 is 13.9 Å². The van der Waals surface area contributed by atoms with Crippen LogP contribution >= 0.6 is 38.5 Å². The first kappa shape index (κ1) is 22.3. The van der Waals surface area contributed by atoms with Crippen LogP contribution in [0, 0.1) is 3.57 Å². The van der Waals surface area contributed by atoms with Crippen LogP contribution in [0.5, 0.6) is 11.5 Å². The molecular formula is C24H18BrIN2O4. The molecule has 0 spiro atoms. The maximum atomic E-state index is 12.5. The molecule has 0 atom stereocenters. The molecule has 0 aliphatic heterocycles. The number of halogens is 2. The lowest BCUT2D eigenvalue weighted by molar-refractivity contribution is 0.0929. The summed E-state index contributed by atoms with van der Waals surface area (Å²) in [5.74, 6) is 0.961. The summed E-state index contributed by atoms with van der Waals surface area (Å²) in [6, 6.07) is 20.8. The maximum absolute atomic E-state index is 12.5. The van der Waals surface area contributed by atoms with Crippen LogP contribution in [0.1, 0.15) is 21.7 Å². The normalized spacial score (nSPS) is 11.1. The zero-order valence-electron chi connectivity index (χ0n) is 17.0. The zero-order chi connectivity index (χ0) is 22.5. The second-order valence-electron chi connectivity index (χ2n) is 6.80. The number of carbonyl (C=O) groups is 1. The second-order valence-corrected chi connectivity index (χ2v) is 8.88. The van der Waals surface area contributed by atoms with Gasteiger partial charge in [0.25, 0.3) is 0 Å². The van der Waals surface area contributed by atoms with Gasteiger partial charge in [-0.1, -0.05) is 46.3 Å². The number of nitrogens with zero attached hydrogens (tertiary/aromatic N) is 1. The highest BCUT2D eigenvalue weighted by Crippen LogP contribution is 2.29. The molecule has 32 heavy (non-hydrogen) atoms. The summed E-state index contributed by atoms with van der Waals surface area (Å²) in [5, 5.41) is 4.89. The third-order valence-electron chi connectivity index (χ3n) is 4.56. The quantitative estimate of drug-likeness (QED) is 0.156. The maximum Gasteiger partial charge on any atom is 0.307 e. The van der Waals surface area contributed by atoms with Crippen LogP contribution in [0.2, 0.25) is 0 Å². The lowest BCUT2D eigenvalue weighted by atomic mass is 10.2. The second kappa shape index (κ2) is 10.2. The lowest BCUT2D eigenvalue weighted by Crippen LogP contribution is -2.16. The van der Waals surface area contributed by atoms with Crippen LogP contribution in [-0.2, 0) is 6.61 Å². The van der Waals surface area contributed by atoms with Gasteiger partial charge >= 0.3 is 5.91 Å². The smallest absolute Gasteiger partial charge is 0.307 e. The molecule has 0 aliphatic rings. The highest BCUT2D eigenvalue weighted by molar-refractivity contribution is 14.1. The minimum atomic E-state index is -0.432. The number of hydrazone groups is 1. The molecule has 1 aromatic heterocycles. The van der Waals surface area contributed by atoms with E-state index in [1.807, 2.05) is 48.5 Å². The van der Waals surface area contributed by atoms with Crippen LogP contribution in [-0.4, -0.2) is 19.2 Å². The Kier molecular flexibility index (Phi) is 7.11. The van der Waals surface area contributed by atoms with Gasteiger partial charge in [-0.2, -0.15) is 5.10 Å². The van der Waals surface area contributed by atoms with Gasteiger partial charge in [0, 0.05) is 9.86 Å². The SMILES string of the molecule is COc1ccc(/C=N\NC(=O)c2cc3cc(Br)cc(I)c3o2)cc1OCc1ccccc1. The third-order valence-corrected chi connectivity index (χ3v) is 5.82. The van der Waals surface area contributed by atoms with Crippen LogP contribution in [0.4, 0.5) is 0 Å². The molecule has 162 valence electrons. The molecular weight excluding hydrogens is 587 g/mol. The van der Waals surface area contributed by atoms with Crippen molar-refractivity contribution >= 4 is 61.6 Å². The van der Waals surface area contributed by atoms with E-state index in [2.05, 4.69) is 49.0 Å². The number of carbonyl (C=O) groups excluding carboxylic acids is 1. The van der Waals surface area contributed by atoms with E-state index < -0.39 is 5.91 Å². The molecule has 0 aliphatic carbocycles. The van der Waals surface area contributed by atoms with Crippen LogP contribution in [0.25, 0.3) is 11.0 Å². The number of amides is 1. The fourth-order valence-corrected chi connectivity index (χ4v) is 4.69. The molecule has 0 radical (unpaired) electrons. The van der Waals surface area contributed by atoms with Crippen molar-refractivity contribution in [1.29, 1.82) is 0 Å². The molecule has 4 aromatic rings. The molecule has 0 saturated carbocycles. The van der Waals surface area contributed by atoms with E-state index in [1.54, 1.807) is 25.3 Å². The number of furan rings is 1. The summed E-state index contributed by atoms with van der Waals surface area (Å²) < 4.78 is 18.8. The third kappa shape index (κ3) is 5.31. The first-order valence-corrected chi connectivity index (χ1v) is 11.5. The number of benzene rings is 3. The number of ether oxygens (including phenoxy) is 2. The van der Waals surface area contributed by atoms with Crippen molar-refractivity contribution < 1.29 is 18.7 Å². The summed E-state index contributed by atoms with van der Waals surface area (Å²) in [6.45, 7) is 0.412. The molecule has 0 bridgehead atoms. The van der Waals surface area contributed by atoms with E-state index in [0.717, 1.165) is 24.6 Å². The van der Waals surface area contributed by atoms with Gasteiger partial charge in [-0.25, -0.2) is 5.43 Å². The zero-order valence-corrected chi connectivity index (χ0v) is 20.7. The van der Waals surface area contributed by atoms with Crippen molar-refractivity contribution in [2.24, 2.45) is 5.10 Å². The fraction of sp³-hybridized carbons (Fsp3) is 0.0833. The minimum Gasteiger partial charge on any atom is -0.493 e. The van der Waals surface area contributed by atoms with E-state index in [4.69, 9.17) is 13.9 Å². The highest BCUT2D eigenvalue weighted by Gasteiger charge is 2.14. The monoisotopic (exact) mass is 604 g/mol. The Balaban J connectivity index is 1.44. The van der Waals surface area contributed by atoms with Gasteiger partial charge in [-0.15, -0.1) is 0 Å². The van der Waals surface area contributed by atoms with E-state index in [1.165, 1.54) is 6.21 Å². The van der Waals surface area contributed by atoms with Gasteiger partial charge in [0.2, 0.25) is 0 Å². The van der Waals surface area contributed by atoms with E-state index >= 15 is 0 Å². The van der Waals surface area contributed by atoms with E-state index in [0.29, 0.717) is 23.7 Å². The first-order chi connectivity index (χ1) is 15.5. The molecule has 0 unspecified atom stereocenters. The molecule has 6 nitrogen and oxygen atoms in total. The number of fused-ring (bicyclic) bond motifs is 1. The summed E-state index contributed by atoms with van der Waals surface area (Å²) in [4.78, 5) is 12.5. The van der Waals surface area contributed by atoms with Gasteiger partial charge in [-0.05, 0) is 70.1 Å². The summed E-state index contributed by atoms with van der Waals surface area (Å²) in [7, 11) is 1.59. The van der Waals surface area contributed by atoms with Crippen molar-refractivity contribution in [2.45, 2.75) is 6.61 Å². The molecule has 1 N–H and O–H groups in total. The Bertz CT molecular complexity index is 1290. The molecule has 1 amide bonds. The van der Waals surface area contributed by atoms with Crippen molar-refractivity contribution in [2.75, 3.05) is 7.11 Å². The average Bonchev–Trinajstić information content (AvgIpc) is 3.23. The Morgan fingerprint density at radius 2 is 1.94 bits per heavy atom. The molecule has 4 rings (SSSR count). The Morgan fingerprint density at radius 3 is 2.72 bits per heavy atom. The highest BCUT2D eigenvalue weighted by atomic mass is 127. The van der Waals surface area contributed by atoms with E-state index in [-0.39, 0.29) is 5.76 Å². The van der Waals surface area contributed by atoms with Crippen LogP contribution in [0.15, 0.2) is 80.7 Å². The summed E-state index contributed by atoms with van der Waals surface area (Å²) in [6.07, 6.45) is 1.54.